The largest absolute Gasteiger partial charge is 0.479 e. The van der Waals surface area contributed by atoms with E-state index in [4.69, 9.17) is 9.72 Å². The molecule has 5 rings (SSSR count). The fraction of sp³-hybridized carbons (Fsp3) is 0.526. The molecule has 0 radical (unpaired) electrons. The molecule has 1 unspecified atom stereocenters. The molecule has 47 heavy (non-hydrogen) atoms. The van der Waals surface area contributed by atoms with E-state index in [0.717, 1.165) is 66.5 Å². The number of anilines is 1. The van der Waals surface area contributed by atoms with Gasteiger partial charge in [0, 0.05) is 54.7 Å². The number of carboxylic acids is 1. The molecule has 254 valence electrons. The van der Waals surface area contributed by atoms with Crippen molar-refractivity contribution in [2.45, 2.75) is 105 Å². The average Bonchev–Trinajstić information content (AvgIpc) is 2.98. The van der Waals surface area contributed by atoms with Crippen molar-refractivity contribution < 1.29 is 27.8 Å². The Balaban J connectivity index is 1.55. The molecule has 3 aromatic rings. The quantitative estimate of drug-likeness (QED) is 0.275. The lowest BCUT2D eigenvalue weighted by Crippen LogP contribution is -2.39. The van der Waals surface area contributed by atoms with Crippen LogP contribution in [0.4, 0.5) is 18.9 Å². The van der Waals surface area contributed by atoms with E-state index < -0.39 is 29.4 Å². The summed E-state index contributed by atoms with van der Waals surface area (Å²) >= 11 is 0. The highest BCUT2D eigenvalue weighted by Gasteiger charge is 2.37. The summed E-state index contributed by atoms with van der Waals surface area (Å²) in [7, 11) is 0. The van der Waals surface area contributed by atoms with Crippen molar-refractivity contribution >= 4 is 11.7 Å². The summed E-state index contributed by atoms with van der Waals surface area (Å²) in [5.41, 5.74) is 6.73. The average molecular weight is 652 g/mol. The van der Waals surface area contributed by atoms with Crippen LogP contribution in [0.2, 0.25) is 0 Å². The minimum Gasteiger partial charge on any atom is -0.479 e. The van der Waals surface area contributed by atoms with Crippen LogP contribution in [0.25, 0.3) is 11.1 Å². The van der Waals surface area contributed by atoms with Crippen LogP contribution >= 0.6 is 0 Å². The van der Waals surface area contributed by atoms with E-state index in [9.17, 15) is 23.1 Å². The number of aryl methyl sites for hydroxylation is 2. The van der Waals surface area contributed by atoms with E-state index in [1.54, 1.807) is 6.07 Å². The van der Waals surface area contributed by atoms with Gasteiger partial charge >= 0.3 is 12.1 Å². The third-order valence-corrected chi connectivity index (χ3v) is 9.75. The van der Waals surface area contributed by atoms with Gasteiger partial charge in [-0.25, -0.2) is 4.79 Å². The first-order valence-corrected chi connectivity index (χ1v) is 16.5. The number of hydrogen-bond donors (Lipinski definition) is 1. The molecule has 2 aliphatic heterocycles. The Morgan fingerprint density at radius 2 is 1.66 bits per heavy atom. The van der Waals surface area contributed by atoms with Crippen molar-refractivity contribution in [2.75, 3.05) is 24.5 Å². The number of carboxylic acid groups (broad SMARTS) is 1. The monoisotopic (exact) mass is 651 g/mol. The normalized spacial score (nSPS) is 18.5. The molecule has 1 aromatic heterocycles. The SMILES string of the molecule is Cc1nc(C)c([C@H](OC(C)(C)C)C(=O)O)c(N2CCC(C)(C)CC2)c1-c1ccc2c(c1)CCN(C(C)c1cccc(C(F)(F)F)c1)C2. The van der Waals surface area contributed by atoms with Crippen LogP contribution in [0.3, 0.4) is 0 Å². The van der Waals surface area contributed by atoms with Crippen LogP contribution in [-0.4, -0.2) is 46.2 Å². The lowest BCUT2D eigenvalue weighted by atomic mass is 9.81. The molecule has 0 spiro atoms. The number of piperidine rings is 1. The summed E-state index contributed by atoms with van der Waals surface area (Å²) in [5, 5.41) is 10.5. The van der Waals surface area contributed by atoms with Crippen LogP contribution < -0.4 is 4.90 Å². The van der Waals surface area contributed by atoms with Crippen molar-refractivity contribution in [3.63, 3.8) is 0 Å². The maximum Gasteiger partial charge on any atom is 0.416 e. The Hall–Kier alpha value is -3.43. The second-order valence-electron chi connectivity index (χ2n) is 15.0. The second-order valence-corrected chi connectivity index (χ2v) is 15.0. The topological polar surface area (TPSA) is 65.9 Å². The van der Waals surface area contributed by atoms with Crippen LogP contribution in [0.15, 0.2) is 42.5 Å². The summed E-state index contributed by atoms with van der Waals surface area (Å²) in [6.07, 6.45) is -2.86. The van der Waals surface area contributed by atoms with Gasteiger partial charge in [0.25, 0.3) is 0 Å². The molecule has 2 aliphatic rings. The summed E-state index contributed by atoms with van der Waals surface area (Å²) in [4.78, 5) is 22.3. The number of fused-ring (bicyclic) bond motifs is 1. The minimum absolute atomic E-state index is 0.179. The molecule has 0 amide bonds. The van der Waals surface area contributed by atoms with Crippen LogP contribution in [0.5, 0.6) is 0 Å². The minimum atomic E-state index is -4.38. The van der Waals surface area contributed by atoms with Crippen LogP contribution in [0, 0.1) is 19.3 Å². The van der Waals surface area contributed by atoms with Gasteiger partial charge in [0.05, 0.1) is 16.9 Å². The van der Waals surface area contributed by atoms with E-state index in [0.29, 0.717) is 29.9 Å². The number of rotatable bonds is 7. The van der Waals surface area contributed by atoms with Gasteiger partial charge in [-0.15, -0.1) is 0 Å². The zero-order chi connectivity index (χ0) is 34.5. The van der Waals surface area contributed by atoms with Crippen molar-refractivity contribution in [2.24, 2.45) is 5.41 Å². The van der Waals surface area contributed by atoms with E-state index in [-0.39, 0.29) is 11.5 Å². The first kappa shape index (κ1) is 34.9. The molecule has 1 N–H and O–H groups in total. The fourth-order valence-corrected chi connectivity index (χ4v) is 7.00. The number of hydrogen-bond acceptors (Lipinski definition) is 5. The van der Waals surface area contributed by atoms with Crippen molar-refractivity contribution in [1.29, 1.82) is 0 Å². The van der Waals surface area contributed by atoms with Gasteiger partial charge in [-0.1, -0.05) is 44.2 Å². The molecule has 9 heteroatoms. The summed E-state index contributed by atoms with van der Waals surface area (Å²) in [5.74, 6) is -1.04. The zero-order valence-corrected chi connectivity index (χ0v) is 28.9. The number of alkyl halides is 3. The van der Waals surface area contributed by atoms with Crippen LogP contribution in [-0.2, 0) is 28.7 Å². The highest BCUT2D eigenvalue weighted by molar-refractivity contribution is 5.88. The predicted molar refractivity (Wildman–Crippen MR) is 180 cm³/mol. The van der Waals surface area contributed by atoms with Gasteiger partial charge < -0.3 is 14.7 Å². The van der Waals surface area contributed by atoms with Gasteiger partial charge in [-0.05, 0) is 101 Å². The first-order valence-electron chi connectivity index (χ1n) is 16.5. The number of nitrogens with zero attached hydrogens (tertiary/aromatic N) is 3. The summed E-state index contributed by atoms with van der Waals surface area (Å²) in [6, 6.07) is 11.8. The number of benzene rings is 2. The number of halogens is 3. The van der Waals surface area contributed by atoms with E-state index in [2.05, 4.69) is 41.8 Å². The third kappa shape index (κ3) is 7.67. The van der Waals surface area contributed by atoms with E-state index in [1.165, 1.54) is 17.7 Å². The highest BCUT2D eigenvalue weighted by Crippen LogP contribution is 2.45. The van der Waals surface area contributed by atoms with Gasteiger partial charge in [-0.3, -0.25) is 9.88 Å². The molecule has 2 atom stereocenters. The molecule has 1 fully saturated rings. The first-order chi connectivity index (χ1) is 21.8. The number of aliphatic carboxylic acids is 1. The Morgan fingerprint density at radius 3 is 2.28 bits per heavy atom. The van der Waals surface area contributed by atoms with Gasteiger partial charge in [0.1, 0.15) is 0 Å². The molecule has 3 heterocycles. The number of aromatic nitrogens is 1. The van der Waals surface area contributed by atoms with Crippen LogP contribution in [0.1, 0.15) is 106 Å². The number of carbonyl (C=O) groups is 1. The molecule has 1 saturated heterocycles. The van der Waals surface area contributed by atoms with Gasteiger partial charge in [-0.2, -0.15) is 13.2 Å². The summed E-state index contributed by atoms with van der Waals surface area (Å²) in [6.45, 7) is 18.9. The lowest BCUT2D eigenvalue weighted by Gasteiger charge is -2.41. The standard InChI is InChI=1S/C38H48F3N3O3/c1-23-31(33(43-18-15-37(7,8)16-19-43)32(24(2)42-23)34(35(45)46)47-36(4,5)6)28-12-13-29-22-44(17-14-27(29)20-28)25(3)26-10-9-11-30(21-26)38(39,40)41/h9-13,20-21,25,34H,14-19,22H2,1-8H3,(H,45,46)/t25?,34-/m0/s1. The fourth-order valence-electron chi connectivity index (χ4n) is 7.00. The van der Waals surface area contributed by atoms with Gasteiger partial charge in [0.2, 0.25) is 0 Å². The maximum atomic E-state index is 13.4. The Morgan fingerprint density at radius 1 is 0.979 bits per heavy atom. The van der Waals surface area contributed by atoms with Crippen molar-refractivity contribution in [1.82, 2.24) is 9.88 Å². The highest BCUT2D eigenvalue weighted by atomic mass is 19.4. The Bertz CT molecular complexity index is 1630. The zero-order valence-electron chi connectivity index (χ0n) is 28.9. The smallest absolute Gasteiger partial charge is 0.416 e. The Labute approximate surface area is 277 Å². The molecule has 2 aromatic carbocycles. The molecular weight excluding hydrogens is 603 g/mol. The molecule has 0 saturated carbocycles. The summed E-state index contributed by atoms with van der Waals surface area (Å²) < 4.78 is 46.4. The molecule has 0 bridgehead atoms. The van der Waals surface area contributed by atoms with Crippen molar-refractivity contribution in [3.8, 4) is 11.1 Å². The molecule has 0 aliphatic carbocycles. The van der Waals surface area contributed by atoms with Gasteiger partial charge in [0.15, 0.2) is 6.10 Å². The number of ether oxygens (including phenoxy) is 1. The maximum absolute atomic E-state index is 13.4. The Kier molecular flexibility index (Phi) is 9.56. The van der Waals surface area contributed by atoms with E-state index >= 15 is 0 Å². The molecular formula is C38H48F3N3O3. The van der Waals surface area contributed by atoms with Crippen molar-refractivity contribution in [3.05, 3.63) is 81.7 Å². The second kappa shape index (κ2) is 12.9. The molecule has 6 nitrogen and oxygen atoms in total. The lowest BCUT2D eigenvalue weighted by molar-refractivity contribution is -0.160. The van der Waals surface area contributed by atoms with E-state index in [1.807, 2.05) is 41.5 Å². The predicted octanol–water partition coefficient (Wildman–Crippen LogP) is 9.07. The third-order valence-electron chi connectivity index (χ3n) is 9.75. The number of pyridine rings is 1.